The highest BCUT2D eigenvalue weighted by Gasteiger charge is 2.26. The number of nitrogens with one attached hydrogen (secondary N) is 1. The van der Waals surface area contributed by atoms with Crippen molar-refractivity contribution in [3.63, 3.8) is 0 Å². The monoisotopic (exact) mass is 325 g/mol. The molecule has 0 spiro atoms. The highest BCUT2D eigenvalue weighted by molar-refractivity contribution is 6.19. The first-order chi connectivity index (χ1) is 10.1. The molecule has 1 atom stereocenters. The van der Waals surface area contributed by atoms with E-state index in [1.807, 2.05) is 32.9 Å². The van der Waals surface area contributed by atoms with Gasteiger partial charge in [-0.15, -0.1) is 11.6 Å². The van der Waals surface area contributed by atoms with Crippen molar-refractivity contribution in [2.24, 2.45) is 5.41 Å². The van der Waals surface area contributed by atoms with E-state index < -0.39 is 5.41 Å². The minimum Gasteiger partial charge on any atom is -0.489 e. The van der Waals surface area contributed by atoms with Gasteiger partial charge >= 0.3 is 0 Å². The molecule has 0 fully saturated rings. The number of halogens is 1. The van der Waals surface area contributed by atoms with E-state index in [2.05, 4.69) is 38.2 Å². The van der Waals surface area contributed by atoms with E-state index in [1.165, 1.54) is 5.56 Å². The molecule has 0 aromatic heterocycles. The number of carbonyl (C=O) groups excluding carboxylic acids is 1. The van der Waals surface area contributed by atoms with Crippen LogP contribution in [0.5, 0.6) is 5.75 Å². The summed E-state index contributed by atoms with van der Waals surface area (Å²) < 4.78 is 5.83. The Balaban J connectivity index is 2.52. The molecule has 0 heterocycles. The van der Waals surface area contributed by atoms with Crippen molar-refractivity contribution in [3.05, 3.63) is 29.8 Å². The van der Waals surface area contributed by atoms with Gasteiger partial charge in [-0.1, -0.05) is 32.9 Å². The van der Waals surface area contributed by atoms with Gasteiger partial charge in [0.15, 0.2) is 0 Å². The maximum atomic E-state index is 12.0. The van der Waals surface area contributed by atoms with Gasteiger partial charge in [-0.2, -0.15) is 0 Å². The summed E-state index contributed by atoms with van der Waals surface area (Å²) in [4.78, 5) is 12.0. The number of benzene rings is 1. The van der Waals surface area contributed by atoms with Gasteiger partial charge in [-0.3, -0.25) is 4.79 Å². The number of ether oxygens (including phenoxy) is 1. The van der Waals surface area contributed by atoms with Gasteiger partial charge in [-0.05, 0) is 43.9 Å². The fourth-order valence-electron chi connectivity index (χ4n) is 1.84. The number of amides is 1. The molecular weight excluding hydrogens is 298 g/mol. The van der Waals surface area contributed by atoms with Crippen molar-refractivity contribution in [2.45, 2.75) is 53.1 Å². The molecule has 1 aromatic rings. The Bertz CT molecular complexity index is 489. The molecule has 124 valence electrons. The lowest BCUT2D eigenvalue weighted by Gasteiger charge is -2.23. The summed E-state index contributed by atoms with van der Waals surface area (Å²) in [5, 5.41) is 2.88. The van der Waals surface area contributed by atoms with Crippen LogP contribution in [-0.4, -0.2) is 24.4 Å². The van der Waals surface area contributed by atoms with Crippen LogP contribution in [0.4, 0.5) is 0 Å². The molecular formula is C18H28ClNO2. The third-order valence-electron chi connectivity index (χ3n) is 3.56. The minimum atomic E-state index is -0.560. The quantitative estimate of drug-likeness (QED) is 0.798. The zero-order valence-electron chi connectivity index (χ0n) is 14.5. The van der Waals surface area contributed by atoms with Crippen LogP contribution in [-0.2, 0) is 10.2 Å². The topological polar surface area (TPSA) is 38.3 Å². The third-order valence-corrected chi connectivity index (χ3v) is 4.22. The van der Waals surface area contributed by atoms with Gasteiger partial charge in [0, 0.05) is 5.88 Å². The molecule has 0 radical (unpaired) electrons. The summed E-state index contributed by atoms with van der Waals surface area (Å²) >= 11 is 5.79. The van der Waals surface area contributed by atoms with Gasteiger partial charge in [0.05, 0.1) is 12.0 Å². The molecule has 1 aromatic carbocycles. The van der Waals surface area contributed by atoms with E-state index in [-0.39, 0.29) is 17.4 Å². The van der Waals surface area contributed by atoms with E-state index in [0.717, 1.165) is 5.75 Å². The predicted octanol–water partition coefficient (Wildman–Crippen LogP) is 4.13. The average Bonchev–Trinajstić information content (AvgIpc) is 2.44. The van der Waals surface area contributed by atoms with Gasteiger partial charge in [0.25, 0.3) is 0 Å². The number of rotatable bonds is 6. The third kappa shape index (κ3) is 5.53. The van der Waals surface area contributed by atoms with E-state index in [0.29, 0.717) is 12.4 Å². The first kappa shape index (κ1) is 18.8. The van der Waals surface area contributed by atoms with Crippen LogP contribution in [0.15, 0.2) is 24.3 Å². The van der Waals surface area contributed by atoms with Gasteiger partial charge < -0.3 is 10.1 Å². The molecule has 0 bridgehead atoms. The van der Waals surface area contributed by atoms with Crippen LogP contribution in [0.3, 0.4) is 0 Å². The molecule has 1 N–H and O–H groups in total. The SMILES string of the molecule is CC(CNC(=O)C(C)(C)CCl)Oc1ccc(C(C)(C)C)cc1. The Hall–Kier alpha value is -1.22. The lowest BCUT2D eigenvalue weighted by molar-refractivity contribution is -0.128. The Morgan fingerprint density at radius 1 is 1.18 bits per heavy atom. The second-order valence-corrected chi connectivity index (χ2v) is 7.70. The molecule has 0 aliphatic heterocycles. The number of alkyl halides is 1. The zero-order valence-corrected chi connectivity index (χ0v) is 15.3. The Morgan fingerprint density at radius 3 is 2.18 bits per heavy atom. The Morgan fingerprint density at radius 2 is 1.73 bits per heavy atom. The maximum Gasteiger partial charge on any atom is 0.226 e. The molecule has 1 unspecified atom stereocenters. The summed E-state index contributed by atoms with van der Waals surface area (Å²) in [6.45, 7) is 12.6. The predicted molar refractivity (Wildman–Crippen MR) is 92.7 cm³/mol. The van der Waals surface area contributed by atoms with Crippen molar-refractivity contribution >= 4 is 17.5 Å². The first-order valence-corrected chi connectivity index (χ1v) is 8.21. The van der Waals surface area contributed by atoms with Crippen LogP contribution < -0.4 is 10.1 Å². The lowest BCUT2D eigenvalue weighted by atomic mass is 9.87. The molecule has 1 amide bonds. The number of hydrogen-bond acceptors (Lipinski definition) is 2. The smallest absolute Gasteiger partial charge is 0.226 e. The van der Waals surface area contributed by atoms with Crippen LogP contribution in [0, 0.1) is 5.41 Å². The van der Waals surface area contributed by atoms with Gasteiger partial charge in [-0.25, -0.2) is 0 Å². The largest absolute Gasteiger partial charge is 0.489 e. The summed E-state index contributed by atoms with van der Waals surface area (Å²) in [6.07, 6.45) is -0.101. The molecule has 0 saturated carbocycles. The van der Waals surface area contributed by atoms with E-state index >= 15 is 0 Å². The molecule has 1 rings (SSSR count). The fourth-order valence-corrected chi connectivity index (χ4v) is 1.97. The van der Waals surface area contributed by atoms with Crippen molar-refractivity contribution in [3.8, 4) is 5.75 Å². The molecule has 0 aliphatic rings. The van der Waals surface area contributed by atoms with Crippen LogP contribution in [0.1, 0.15) is 47.1 Å². The van der Waals surface area contributed by atoms with Gasteiger partial charge in [0.2, 0.25) is 5.91 Å². The van der Waals surface area contributed by atoms with Crippen molar-refractivity contribution in [2.75, 3.05) is 12.4 Å². The molecule has 3 nitrogen and oxygen atoms in total. The molecule has 4 heteroatoms. The summed E-state index contributed by atoms with van der Waals surface area (Å²) in [7, 11) is 0. The number of hydrogen-bond donors (Lipinski definition) is 1. The highest BCUT2D eigenvalue weighted by atomic mass is 35.5. The molecule has 0 aliphatic carbocycles. The number of carbonyl (C=O) groups is 1. The summed E-state index contributed by atoms with van der Waals surface area (Å²) in [5.41, 5.74) is 0.839. The van der Waals surface area contributed by atoms with Crippen molar-refractivity contribution in [1.29, 1.82) is 0 Å². The minimum absolute atomic E-state index is 0.0546. The van der Waals surface area contributed by atoms with Gasteiger partial charge in [0.1, 0.15) is 11.9 Å². The summed E-state index contributed by atoms with van der Waals surface area (Å²) in [6, 6.07) is 8.11. The zero-order chi connectivity index (χ0) is 17.0. The first-order valence-electron chi connectivity index (χ1n) is 7.68. The van der Waals surface area contributed by atoms with Crippen LogP contribution in [0.25, 0.3) is 0 Å². The van der Waals surface area contributed by atoms with Crippen LogP contribution >= 0.6 is 11.6 Å². The molecule has 22 heavy (non-hydrogen) atoms. The van der Waals surface area contributed by atoms with Crippen molar-refractivity contribution < 1.29 is 9.53 Å². The average molecular weight is 326 g/mol. The van der Waals surface area contributed by atoms with Crippen molar-refractivity contribution in [1.82, 2.24) is 5.32 Å². The summed E-state index contributed by atoms with van der Waals surface area (Å²) in [5.74, 6) is 1.05. The standard InChI is InChI=1S/C18H28ClNO2/c1-13(11-20-16(21)18(5,6)12-19)22-15-9-7-14(8-10-15)17(2,3)4/h7-10,13H,11-12H2,1-6H3,(H,20,21). The second-order valence-electron chi connectivity index (χ2n) is 7.43. The highest BCUT2D eigenvalue weighted by Crippen LogP contribution is 2.24. The second kappa shape index (κ2) is 7.36. The Kier molecular flexibility index (Phi) is 6.30. The molecule has 0 saturated heterocycles. The van der Waals surface area contributed by atoms with Crippen LogP contribution in [0.2, 0.25) is 0 Å². The Labute approximate surface area is 139 Å². The lowest BCUT2D eigenvalue weighted by Crippen LogP contribution is -2.42. The maximum absolute atomic E-state index is 12.0. The normalized spacial score (nSPS) is 13.6. The fraction of sp³-hybridized carbons (Fsp3) is 0.611. The van der Waals surface area contributed by atoms with E-state index in [4.69, 9.17) is 16.3 Å². The van der Waals surface area contributed by atoms with E-state index in [9.17, 15) is 4.79 Å². The van der Waals surface area contributed by atoms with E-state index in [1.54, 1.807) is 0 Å².